The number of para-hydroxylation sites is 1. The number of primary amides is 2. The van der Waals surface area contributed by atoms with Crippen molar-refractivity contribution in [3.63, 3.8) is 0 Å². The van der Waals surface area contributed by atoms with E-state index in [0.717, 1.165) is 28.3 Å². The standard InChI is InChI=1S/C22H19N3O3S.2CH3NOS.CH4.H2O/c1-28-18-13-11-17(12-14-18)21-15-19(16-7-3-2-4-8-16)24-25(21)20-9-5-6-10-22(20)29(23,26)27;2*2-1(3)4;;/h2-15H,1H3,(H2,23,26,27);2*(H3,2,3,4);1H4;1H2. The van der Waals surface area contributed by atoms with E-state index in [1.54, 1.807) is 30.0 Å². The fourth-order valence-electron chi connectivity index (χ4n) is 3.15. The number of thiol groups is 2. The lowest BCUT2D eigenvalue weighted by Gasteiger charge is -2.11. The molecule has 3 aromatic carbocycles. The molecule has 0 aliphatic carbocycles. The summed E-state index contributed by atoms with van der Waals surface area (Å²) in [7, 11) is -2.32. The topological polar surface area (TPSA) is 205 Å². The van der Waals surface area contributed by atoms with Crippen LogP contribution < -0.4 is 21.3 Å². The maximum absolute atomic E-state index is 12.2. The molecule has 11 nitrogen and oxygen atoms in total. The summed E-state index contributed by atoms with van der Waals surface area (Å²) < 4.78 is 31.2. The molecule has 39 heavy (non-hydrogen) atoms. The quantitative estimate of drug-likeness (QED) is 0.218. The zero-order chi connectivity index (χ0) is 27.6. The Morgan fingerprint density at radius 3 is 1.82 bits per heavy atom. The van der Waals surface area contributed by atoms with E-state index in [-0.39, 0.29) is 17.8 Å². The average molecular weight is 594 g/mol. The van der Waals surface area contributed by atoms with Crippen molar-refractivity contribution in [1.29, 1.82) is 0 Å². The number of carbonyl (C=O) groups excluding carboxylic acids is 2. The number of aromatic nitrogens is 2. The van der Waals surface area contributed by atoms with E-state index >= 15 is 0 Å². The number of nitrogens with zero attached hydrogens (tertiary/aromatic N) is 2. The Labute approximate surface area is 238 Å². The predicted octanol–water partition coefficient (Wildman–Crippen LogP) is 3.66. The Bertz CT molecular complexity index is 1440. The Kier molecular flexibility index (Phi) is 14.6. The minimum Gasteiger partial charge on any atom is -0.497 e. The zero-order valence-corrected chi connectivity index (χ0v) is 22.7. The number of methoxy groups -OCH3 is 1. The number of rotatable bonds is 5. The van der Waals surface area contributed by atoms with E-state index in [0.29, 0.717) is 5.69 Å². The summed E-state index contributed by atoms with van der Waals surface area (Å²) in [5.74, 6) is 0.730. The van der Waals surface area contributed by atoms with Crippen LogP contribution in [0.4, 0.5) is 9.59 Å². The lowest BCUT2D eigenvalue weighted by atomic mass is 10.1. The summed E-state index contributed by atoms with van der Waals surface area (Å²) >= 11 is 6.21. The van der Waals surface area contributed by atoms with E-state index < -0.39 is 20.5 Å². The molecule has 0 atom stereocenters. The number of nitrogens with two attached hydrogens (primary N) is 3. The van der Waals surface area contributed by atoms with Crippen LogP contribution in [0.1, 0.15) is 7.43 Å². The molecule has 0 saturated heterocycles. The number of benzene rings is 3. The molecule has 0 aliphatic heterocycles. The van der Waals surface area contributed by atoms with Gasteiger partial charge in [-0.15, -0.1) is 0 Å². The van der Waals surface area contributed by atoms with E-state index in [4.69, 9.17) is 24.6 Å². The highest BCUT2D eigenvalue weighted by molar-refractivity contribution is 7.96. The first kappa shape index (κ1) is 35.2. The van der Waals surface area contributed by atoms with Gasteiger partial charge in [0, 0.05) is 11.1 Å². The Morgan fingerprint density at radius 1 is 0.846 bits per heavy atom. The number of hydrogen-bond acceptors (Lipinski definition) is 6. The highest BCUT2D eigenvalue weighted by atomic mass is 32.2. The first-order chi connectivity index (χ1) is 17.4. The smallest absolute Gasteiger partial charge is 0.273 e. The van der Waals surface area contributed by atoms with Crippen LogP contribution in [0.5, 0.6) is 5.75 Å². The van der Waals surface area contributed by atoms with Crippen LogP contribution >= 0.6 is 25.3 Å². The van der Waals surface area contributed by atoms with Gasteiger partial charge in [-0.25, -0.2) is 18.2 Å². The number of carbonyl (C=O) groups is 2. The predicted molar refractivity (Wildman–Crippen MR) is 160 cm³/mol. The van der Waals surface area contributed by atoms with Crippen molar-refractivity contribution in [3.05, 3.63) is 84.9 Å². The van der Waals surface area contributed by atoms with E-state index in [1.165, 1.54) is 6.07 Å². The summed E-state index contributed by atoms with van der Waals surface area (Å²) in [6, 6.07) is 25.7. The van der Waals surface area contributed by atoms with Crippen molar-refractivity contribution in [2.45, 2.75) is 12.3 Å². The van der Waals surface area contributed by atoms with Gasteiger partial charge in [0.15, 0.2) is 0 Å². The Hall–Kier alpha value is -3.82. The normalized spacial score (nSPS) is 9.74. The van der Waals surface area contributed by atoms with Crippen molar-refractivity contribution < 1.29 is 28.2 Å². The minimum atomic E-state index is -3.93. The molecular formula is C25H31N5O6S3. The molecule has 0 radical (unpaired) electrons. The summed E-state index contributed by atoms with van der Waals surface area (Å²) in [4.78, 5) is 18.2. The van der Waals surface area contributed by atoms with Crippen molar-refractivity contribution in [1.82, 2.24) is 9.78 Å². The number of hydrogen-bond donors (Lipinski definition) is 5. The lowest BCUT2D eigenvalue weighted by Crippen LogP contribution is -2.16. The molecule has 0 saturated carbocycles. The van der Waals surface area contributed by atoms with Crippen LogP contribution in [-0.4, -0.2) is 41.3 Å². The van der Waals surface area contributed by atoms with Gasteiger partial charge in [-0.2, -0.15) is 5.10 Å². The number of primary sulfonamides is 1. The molecular weight excluding hydrogens is 563 g/mol. The second-order valence-electron chi connectivity index (χ2n) is 7.11. The van der Waals surface area contributed by atoms with E-state index in [9.17, 15) is 8.42 Å². The highest BCUT2D eigenvalue weighted by Crippen LogP contribution is 2.31. The molecule has 0 aliphatic rings. The molecule has 0 fully saturated rings. The summed E-state index contributed by atoms with van der Waals surface area (Å²) in [6.07, 6.45) is 0. The van der Waals surface area contributed by atoms with Crippen LogP contribution in [0.2, 0.25) is 0 Å². The van der Waals surface area contributed by atoms with Crippen molar-refractivity contribution >= 4 is 45.8 Å². The van der Waals surface area contributed by atoms with Crippen molar-refractivity contribution in [2.75, 3.05) is 7.11 Å². The Balaban J connectivity index is 0.00000128. The molecule has 4 aromatic rings. The third kappa shape index (κ3) is 10.8. The van der Waals surface area contributed by atoms with Gasteiger partial charge in [0.25, 0.3) is 10.5 Å². The summed E-state index contributed by atoms with van der Waals surface area (Å²) in [6.45, 7) is 0. The maximum atomic E-state index is 12.2. The summed E-state index contributed by atoms with van der Waals surface area (Å²) in [5.41, 5.74) is 12.3. The van der Waals surface area contributed by atoms with E-state index in [1.807, 2.05) is 60.7 Å². The fourth-order valence-corrected chi connectivity index (χ4v) is 3.87. The molecule has 0 unspecified atom stereocenters. The van der Waals surface area contributed by atoms with Crippen LogP contribution in [0.3, 0.4) is 0 Å². The minimum absolute atomic E-state index is 0. The van der Waals surface area contributed by atoms with Crippen LogP contribution in [-0.2, 0) is 10.0 Å². The van der Waals surface area contributed by atoms with Gasteiger partial charge in [-0.3, -0.25) is 9.59 Å². The molecule has 1 aromatic heterocycles. The van der Waals surface area contributed by atoms with Gasteiger partial charge in [0.1, 0.15) is 10.6 Å². The zero-order valence-electron chi connectivity index (χ0n) is 20.1. The van der Waals surface area contributed by atoms with Crippen molar-refractivity contribution in [3.8, 4) is 34.0 Å². The van der Waals surface area contributed by atoms with Crippen LogP contribution in [0.15, 0.2) is 89.8 Å². The number of ether oxygens (including phenoxy) is 1. The second-order valence-corrected chi connectivity index (χ2v) is 9.52. The summed E-state index contributed by atoms with van der Waals surface area (Å²) in [5, 5.41) is 8.89. The van der Waals surface area contributed by atoms with Gasteiger partial charge in [0.2, 0.25) is 10.0 Å². The lowest BCUT2D eigenvalue weighted by molar-refractivity contribution is 0.266. The number of sulfonamides is 1. The molecule has 1 heterocycles. The largest absolute Gasteiger partial charge is 0.497 e. The van der Waals surface area contributed by atoms with Gasteiger partial charge < -0.3 is 21.7 Å². The molecule has 14 heteroatoms. The van der Waals surface area contributed by atoms with Gasteiger partial charge in [-0.05, 0) is 42.5 Å². The Morgan fingerprint density at radius 2 is 1.33 bits per heavy atom. The molecule has 0 bridgehead atoms. The first-order valence-electron chi connectivity index (χ1n) is 10.3. The third-order valence-electron chi connectivity index (χ3n) is 4.56. The van der Waals surface area contributed by atoms with Gasteiger partial charge in [0.05, 0.1) is 24.2 Å². The first-order valence-corrected chi connectivity index (χ1v) is 12.8. The third-order valence-corrected chi connectivity index (χ3v) is 5.52. The van der Waals surface area contributed by atoms with Gasteiger partial charge in [-0.1, -0.05) is 75.1 Å². The number of amides is 2. The molecule has 210 valence electrons. The van der Waals surface area contributed by atoms with Crippen molar-refractivity contribution in [2.24, 2.45) is 16.6 Å². The van der Waals surface area contributed by atoms with Gasteiger partial charge >= 0.3 is 0 Å². The van der Waals surface area contributed by atoms with Crippen LogP contribution in [0.25, 0.3) is 28.2 Å². The second kappa shape index (κ2) is 16.2. The molecule has 8 N–H and O–H groups in total. The average Bonchev–Trinajstić information content (AvgIpc) is 3.29. The molecule has 0 spiro atoms. The fraction of sp³-hybridized carbons (Fsp3) is 0.0800. The maximum Gasteiger partial charge on any atom is 0.273 e. The van der Waals surface area contributed by atoms with E-state index in [2.05, 4.69) is 36.7 Å². The molecule has 2 amide bonds. The monoisotopic (exact) mass is 593 g/mol. The van der Waals surface area contributed by atoms with Crippen LogP contribution in [0, 0.1) is 0 Å². The SMILES string of the molecule is C.COc1ccc(-c2cc(-c3ccccc3)nn2-c2ccccc2S(N)(=O)=O)cc1.NC(=O)S.NC(=O)S.O. The molecule has 4 rings (SSSR count). The highest BCUT2D eigenvalue weighted by Gasteiger charge is 2.20.